The van der Waals surface area contributed by atoms with Crippen LogP contribution >= 0.6 is 39.1 Å². The summed E-state index contributed by atoms with van der Waals surface area (Å²) in [6.07, 6.45) is -0.0607. The lowest BCUT2D eigenvalue weighted by Gasteiger charge is -2.15. The first kappa shape index (κ1) is 24.8. The number of hydrogen-bond donors (Lipinski definition) is 3. The summed E-state index contributed by atoms with van der Waals surface area (Å²) in [6.45, 7) is 1.82. The largest absolute Gasteiger partial charge is 0.370 e. The molecule has 33 heavy (non-hydrogen) atoms. The molecule has 0 aromatic heterocycles. The van der Waals surface area contributed by atoms with Crippen molar-refractivity contribution >= 4 is 73.8 Å². The highest BCUT2D eigenvalue weighted by molar-refractivity contribution is 9.10. The Kier molecular flexibility index (Phi) is 8.13. The van der Waals surface area contributed by atoms with Crippen molar-refractivity contribution in [3.8, 4) is 0 Å². The van der Waals surface area contributed by atoms with E-state index in [0.29, 0.717) is 33.2 Å². The lowest BCUT2D eigenvalue weighted by atomic mass is 9.99. The molecule has 0 radical (unpaired) electrons. The minimum atomic E-state index is -0.546. The summed E-state index contributed by atoms with van der Waals surface area (Å²) in [5.41, 5.74) is 8.50. The number of primary amides is 1. The van der Waals surface area contributed by atoms with Gasteiger partial charge in [0.1, 0.15) is 0 Å². The van der Waals surface area contributed by atoms with Crippen LogP contribution in [0.1, 0.15) is 34.3 Å². The van der Waals surface area contributed by atoms with E-state index < -0.39 is 5.91 Å². The van der Waals surface area contributed by atoms with Crippen LogP contribution in [-0.2, 0) is 9.59 Å². The van der Waals surface area contributed by atoms with Gasteiger partial charge in [-0.1, -0.05) is 39.1 Å². The smallest absolute Gasteiger partial charge is 0.224 e. The molecule has 0 bridgehead atoms. The SMILES string of the molecule is Cc1cc(Cl)ccc1C(=O)c1ccc(Nc2ccc(Br)cc2NC(=O)CCC(N)=O)cc1Cl. The summed E-state index contributed by atoms with van der Waals surface area (Å²) in [5, 5.41) is 6.80. The maximum atomic E-state index is 13.0. The van der Waals surface area contributed by atoms with Crippen LogP contribution in [0.4, 0.5) is 17.1 Å². The molecule has 0 spiro atoms. The summed E-state index contributed by atoms with van der Waals surface area (Å²) < 4.78 is 0.760. The number of amides is 2. The van der Waals surface area contributed by atoms with E-state index in [2.05, 4.69) is 26.6 Å². The number of benzene rings is 3. The molecule has 3 aromatic carbocycles. The summed E-state index contributed by atoms with van der Waals surface area (Å²) in [4.78, 5) is 36.0. The van der Waals surface area contributed by atoms with Crippen LogP contribution in [0.15, 0.2) is 59.1 Å². The normalized spacial score (nSPS) is 10.5. The van der Waals surface area contributed by atoms with Crippen LogP contribution in [0.5, 0.6) is 0 Å². The molecule has 2 amide bonds. The summed E-state index contributed by atoms with van der Waals surface area (Å²) in [7, 11) is 0. The fourth-order valence-corrected chi connectivity index (χ4v) is 3.99. The third-order valence-corrected chi connectivity index (χ3v) is 5.82. The molecule has 0 saturated carbocycles. The Morgan fingerprint density at radius 3 is 2.30 bits per heavy atom. The van der Waals surface area contributed by atoms with E-state index in [1.165, 1.54) is 0 Å². The van der Waals surface area contributed by atoms with E-state index >= 15 is 0 Å². The Morgan fingerprint density at radius 2 is 1.64 bits per heavy atom. The third-order valence-electron chi connectivity index (χ3n) is 4.78. The first-order valence-electron chi connectivity index (χ1n) is 9.89. The number of anilines is 3. The van der Waals surface area contributed by atoms with E-state index in [4.69, 9.17) is 28.9 Å². The number of aryl methyl sites for hydroxylation is 1. The first-order valence-corrected chi connectivity index (χ1v) is 11.4. The van der Waals surface area contributed by atoms with Gasteiger partial charge < -0.3 is 16.4 Å². The van der Waals surface area contributed by atoms with E-state index in [-0.39, 0.29) is 29.6 Å². The number of carbonyl (C=O) groups is 3. The average Bonchev–Trinajstić information content (AvgIpc) is 2.74. The van der Waals surface area contributed by atoms with Gasteiger partial charge >= 0.3 is 0 Å². The Hall–Kier alpha value is -2.87. The molecule has 0 heterocycles. The lowest BCUT2D eigenvalue weighted by Crippen LogP contribution is -2.17. The lowest BCUT2D eigenvalue weighted by molar-refractivity contribution is -0.122. The van der Waals surface area contributed by atoms with Gasteiger partial charge in [-0.3, -0.25) is 14.4 Å². The van der Waals surface area contributed by atoms with Gasteiger partial charge in [-0.05, 0) is 67.1 Å². The topological polar surface area (TPSA) is 101 Å². The number of hydrogen-bond acceptors (Lipinski definition) is 4. The molecular weight excluding hydrogens is 529 g/mol. The number of rotatable bonds is 8. The highest BCUT2D eigenvalue weighted by Crippen LogP contribution is 2.32. The molecule has 170 valence electrons. The highest BCUT2D eigenvalue weighted by atomic mass is 79.9. The van der Waals surface area contributed by atoms with Gasteiger partial charge in [-0.25, -0.2) is 0 Å². The number of halogens is 3. The second kappa shape index (κ2) is 10.8. The van der Waals surface area contributed by atoms with Crippen LogP contribution in [0.25, 0.3) is 0 Å². The number of carbonyl (C=O) groups excluding carboxylic acids is 3. The third kappa shape index (κ3) is 6.57. The van der Waals surface area contributed by atoms with Crippen LogP contribution in [0.2, 0.25) is 10.0 Å². The van der Waals surface area contributed by atoms with Crippen molar-refractivity contribution in [3.05, 3.63) is 85.8 Å². The number of nitrogens with one attached hydrogen (secondary N) is 2. The Morgan fingerprint density at radius 1 is 0.909 bits per heavy atom. The molecular formula is C24H20BrCl2N3O3. The van der Waals surface area contributed by atoms with Crippen molar-refractivity contribution < 1.29 is 14.4 Å². The molecule has 0 aliphatic carbocycles. The Labute approximate surface area is 209 Å². The fraction of sp³-hybridized carbons (Fsp3) is 0.125. The quantitative estimate of drug-likeness (QED) is 0.290. The van der Waals surface area contributed by atoms with Crippen molar-refractivity contribution in [3.63, 3.8) is 0 Å². The average molecular weight is 549 g/mol. The van der Waals surface area contributed by atoms with Crippen molar-refractivity contribution in [2.24, 2.45) is 5.73 Å². The minimum Gasteiger partial charge on any atom is -0.370 e. The zero-order valence-electron chi connectivity index (χ0n) is 17.5. The van der Waals surface area contributed by atoms with E-state index in [1.54, 1.807) is 48.5 Å². The molecule has 3 aromatic rings. The molecule has 0 saturated heterocycles. The minimum absolute atomic E-state index is 0.0198. The standard InChI is InChI=1S/C24H20BrCl2N3O3/c1-13-10-15(26)3-5-17(13)24(33)18-6-4-16(12-19(18)27)29-20-7-2-14(25)11-21(20)30-23(32)9-8-22(28)31/h2-7,10-12,29H,8-9H2,1H3,(H2,28,31)(H,30,32). The Balaban J connectivity index is 1.82. The zero-order chi connectivity index (χ0) is 24.1. The maximum absolute atomic E-state index is 13.0. The monoisotopic (exact) mass is 547 g/mol. The van der Waals surface area contributed by atoms with Crippen molar-refractivity contribution in [2.45, 2.75) is 19.8 Å². The molecule has 0 atom stereocenters. The number of nitrogens with two attached hydrogens (primary N) is 1. The predicted octanol–water partition coefficient (Wildman–Crippen LogP) is 6.24. The van der Waals surface area contributed by atoms with Crippen LogP contribution in [-0.4, -0.2) is 17.6 Å². The van der Waals surface area contributed by atoms with Crippen LogP contribution in [0, 0.1) is 6.92 Å². The van der Waals surface area contributed by atoms with Gasteiger partial charge in [0.15, 0.2) is 5.78 Å². The highest BCUT2D eigenvalue weighted by Gasteiger charge is 2.16. The summed E-state index contributed by atoms with van der Waals surface area (Å²) in [6, 6.07) is 15.4. The number of ketones is 1. The van der Waals surface area contributed by atoms with Crippen molar-refractivity contribution in [1.82, 2.24) is 0 Å². The Bertz CT molecular complexity index is 1250. The maximum Gasteiger partial charge on any atom is 0.224 e. The second-order valence-corrected chi connectivity index (χ2v) is 9.07. The molecule has 0 aliphatic rings. The van der Waals surface area contributed by atoms with Crippen molar-refractivity contribution in [2.75, 3.05) is 10.6 Å². The fourth-order valence-electron chi connectivity index (χ4n) is 3.14. The van der Waals surface area contributed by atoms with E-state index in [0.717, 1.165) is 10.0 Å². The molecule has 0 fully saturated rings. The van der Waals surface area contributed by atoms with Gasteiger partial charge in [-0.15, -0.1) is 0 Å². The van der Waals surface area contributed by atoms with Crippen LogP contribution < -0.4 is 16.4 Å². The summed E-state index contributed by atoms with van der Waals surface area (Å²) in [5.74, 6) is -1.09. The van der Waals surface area contributed by atoms with Gasteiger partial charge in [0.05, 0.1) is 16.4 Å². The first-order chi connectivity index (χ1) is 15.6. The molecule has 3 rings (SSSR count). The molecule has 6 nitrogen and oxygen atoms in total. The molecule has 4 N–H and O–H groups in total. The van der Waals surface area contributed by atoms with E-state index in [1.807, 2.05) is 13.0 Å². The van der Waals surface area contributed by atoms with Gasteiger partial charge in [-0.2, -0.15) is 0 Å². The van der Waals surface area contributed by atoms with Crippen molar-refractivity contribution in [1.29, 1.82) is 0 Å². The molecule has 9 heteroatoms. The second-order valence-electron chi connectivity index (χ2n) is 7.31. The van der Waals surface area contributed by atoms with Gasteiger partial charge in [0.25, 0.3) is 0 Å². The van der Waals surface area contributed by atoms with Gasteiger partial charge in [0, 0.05) is 39.2 Å². The predicted molar refractivity (Wildman–Crippen MR) is 136 cm³/mol. The molecule has 0 unspecified atom stereocenters. The van der Waals surface area contributed by atoms with Gasteiger partial charge in [0.2, 0.25) is 11.8 Å². The van der Waals surface area contributed by atoms with Crippen LogP contribution in [0.3, 0.4) is 0 Å². The zero-order valence-corrected chi connectivity index (χ0v) is 20.6. The summed E-state index contributed by atoms with van der Waals surface area (Å²) >= 11 is 15.8. The van der Waals surface area contributed by atoms with E-state index in [9.17, 15) is 14.4 Å². The molecule has 0 aliphatic heterocycles.